The van der Waals surface area contributed by atoms with Crippen LogP contribution >= 0.6 is 15.6 Å². The van der Waals surface area contributed by atoms with Gasteiger partial charge in [0, 0.05) is 19.3 Å². The third kappa shape index (κ3) is 73.3. The molecule has 5 atom stereocenters. The molecule has 16 nitrogen and oxygen atoms in total. The highest BCUT2D eigenvalue weighted by molar-refractivity contribution is 7.47. The van der Waals surface area contributed by atoms with E-state index >= 15 is 0 Å². The van der Waals surface area contributed by atoms with E-state index in [0.717, 1.165) is 141 Å². The molecule has 0 fully saturated rings. The Labute approximate surface area is 590 Å². The number of hydrogen-bond acceptors (Lipinski definition) is 14. The third-order valence-electron chi connectivity index (χ3n) is 16.0. The number of aliphatic hydroxyl groups excluding tert-OH is 2. The lowest BCUT2D eigenvalue weighted by atomic mass is 10.0. The van der Waals surface area contributed by atoms with Crippen LogP contribution in [0.3, 0.4) is 0 Å². The van der Waals surface area contributed by atoms with Crippen LogP contribution in [0.15, 0.2) is 109 Å². The number of esters is 3. The Hall–Kier alpha value is -3.79. The zero-order valence-electron chi connectivity index (χ0n) is 61.0. The lowest BCUT2D eigenvalue weighted by Crippen LogP contribution is -2.30. The second-order valence-electron chi connectivity index (χ2n) is 25.4. The maximum Gasteiger partial charge on any atom is 0.472 e. The number of allylic oxidation sites excluding steroid dienone is 18. The van der Waals surface area contributed by atoms with E-state index in [-0.39, 0.29) is 19.3 Å². The van der Waals surface area contributed by atoms with Gasteiger partial charge < -0.3 is 34.2 Å². The number of rotatable bonds is 72. The number of carbonyl (C=O) groups excluding carboxylic acids is 3. The Morgan fingerprint density at radius 2 is 0.557 bits per heavy atom. The van der Waals surface area contributed by atoms with Gasteiger partial charge in [0.2, 0.25) is 0 Å². The third-order valence-corrected chi connectivity index (χ3v) is 17.9. The molecule has 0 spiro atoms. The predicted octanol–water partition coefficient (Wildman–Crippen LogP) is 22.0. The summed E-state index contributed by atoms with van der Waals surface area (Å²) in [6.45, 7) is 2.48. The van der Waals surface area contributed by atoms with Gasteiger partial charge in [0.1, 0.15) is 25.4 Å². The average molecular weight is 1410 g/mol. The van der Waals surface area contributed by atoms with Gasteiger partial charge in [0.15, 0.2) is 6.10 Å². The number of unbranched alkanes of at least 4 members (excludes halogenated alkanes) is 31. The fourth-order valence-electron chi connectivity index (χ4n) is 10.1. The molecule has 0 aliphatic rings. The Morgan fingerprint density at radius 1 is 0.299 bits per heavy atom. The van der Waals surface area contributed by atoms with Crippen molar-refractivity contribution in [2.45, 2.75) is 334 Å². The van der Waals surface area contributed by atoms with E-state index in [1.807, 2.05) is 0 Å². The van der Waals surface area contributed by atoms with Crippen LogP contribution in [0.25, 0.3) is 0 Å². The monoisotopic (exact) mass is 1400 g/mol. The van der Waals surface area contributed by atoms with E-state index in [1.54, 1.807) is 0 Å². The van der Waals surface area contributed by atoms with Gasteiger partial charge in [-0.15, -0.1) is 0 Å². The highest BCUT2D eigenvalue weighted by Crippen LogP contribution is 2.45. The van der Waals surface area contributed by atoms with Gasteiger partial charge in [-0.05, 0) is 122 Å². The minimum Gasteiger partial charge on any atom is -0.463 e. The molecule has 0 aromatic rings. The summed E-state index contributed by atoms with van der Waals surface area (Å²) in [6.07, 6.45) is 83.0. The Kier molecular flexibility index (Phi) is 69.2. The van der Waals surface area contributed by atoms with Crippen molar-refractivity contribution in [2.75, 3.05) is 39.6 Å². The lowest BCUT2D eigenvalue weighted by molar-refractivity contribution is -0.161. The van der Waals surface area contributed by atoms with Crippen molar-refractivity contribution in [3.63, 3.8) is 0 Å². The fourth-order valence-corrected chi connectivity index (χ4v) is 11.7. The summed E-state index contributed by atoms with van der Waals surface area (Å²) in [7, 11) is -9.78. The van der Waals surface area contributed by atoms with Crippen molar-refractivity contribution in [2.24, 2.45) is 0 Å². The highest BCUT2D eigenvalue weighted by Gasteiger charge is 2.29. The summed E-state index contributed by atoms with van der Waals surface area (Å²) in [4.78, 5) is 58.4. The van der Waals surface area contributed by atoms with Crippen LogP contribution in [-0.4, -0.2) is 95.9 Å². The van der Waals surface area contributed by atoms with Crippen LogP contribution in [0.5, 0.6) is 0 Å². The standard InChI is InChI=1S/C79H138O16P2/c1-4-7-10-13-16-19-22-24-26-28-30-31-32-33-34-35-36-37-38-39-40-41-43-45-46-48-51-53-56-59-62-65-77(82)89-68-74(80)69-91-96(85,86)92-70-75(81)71-93-97(87,88)94-73-76(95-79(84)67-64-61-58-55-50-21-18-15-12-9-6-3)72-90-78(83)66-63-60-57-54-52-49-47-44-42-29-27-25-23-20-17-14-11-8-5-2/h8,11,15-20,24-27,30-31,33-34,42,44,74-76,80-81H,4-7,9-10,12-14,21-23,28-29,32,35-41,43,45-73H2,1-3H3,(H,85,86)(H,87,88)/b11-8-,18-15-,19-16-,20-17-,26-24-,27-25-,31-30-,34-33-,44-42-. The number of phosphoric ester groups is 2. The molecule has 0 heterocycles. The van der Waals surface area contributed by atoms with Crippen LogP contribution in [-0.2, 0) is 55.8 Å². The maximum absolute atomic E-state index is 12.9. The van der Waals surface area contributed by atoms with Crippen LogP contribution in [0, 0.1) is 0 Å². The smallest absolute Gasteiger partial charge is 0.463 e. The fraction of sp³-hybridized carbons (Fsp3) is 0.734. The molecular weight excluding hydrogens is 1270 g/mol. The van der Waals surface area contributed by atoms with Crippen LogP contribution in [0.2, 0.25) is 0 Å². The number of carbonyl (C=O) groups is 3. The van der Waals surface area contributed by atoms with Gasteiger partial charge in [0.05, 0.1) is 26.4 Å². The molecule has 0 radical (unpaired) electrons. The first-order valence-corrected chi connectivity index (χ1v) is 41.2. The lowest BCUT2D eigenvalue weighted by Gasteiger charge is -2.21. The molecule has 18 heteroatoms. The summed E-state index contributed by atoms with van der Waals surface area (Å²) >= 11 is 0. The molecule has 4 N–H and O–H groups in total. The van der Waals surface area contributed by atoms with Gasteiger partial charge in [0.25, 0.3) is 0 Å². The molecule has 5 unspecified atom stereocenters. The van der Waals surface area contributed by atoms with Crippen molar-refractivity contribution in [3.05, 3.63) is 109 Å². The zero-order chi connectivity index (χ0) is 70.9. The second-order valence-corrected chi connectivity index (χ2v) is 28.3. The number of ether oxygens (including phenoxy) is 3. The van der Waals surface area contributed by atoms with Crippen molar-refractivity contribution in [1.29, 1.82) is 0 Å². The predicted molar refractivity (Wildman–Crippen MR) is 399 cm³/mol. The van der Waals surface area contributed by atoms with Crippen LogP contribution < -0.4 is 0 Å². The molecule has 0 rings (SSSR count). The van der Waals surface area contributed by atoms with Gasteiger partial charge in [-0.25, -0.2) is 9.13 Å². The molecule has 0 bridgehead atoms. The molecule has 0 aromatic carbocycles. The Balaban J connectivity index is 4.40. The van der Waals surface area contributed by atoms with Crippen molar-refractivity contribution < 1.29 is 75.8 Å². The summed E-state index contributed by atoms with van der Waals surface area (Å²) in [6, 6.07) is 0. The van der Waals surface area contributed by atoms with E-state index in [1.165, 1.54) is 116 Å². The van der Waals surface area contributed by atoms with Gasteiger partial charge in [-0.1, -0.05) is 284 Å². The first-order valence-electron chi connectivity index (χ1n) is 38.2. The molecule has 0 saturated heterocycles. The number of phosphoric acid groups is 2. The first-order chi connectivity index (χ1) is 47.2. The Morgan fingerprint density at radius 3 is 0.907 bits per heavy atom. The minimum atomic E-state index is -4.93. The van der Waals surface area contributed by atoms with Gasteiger partial charge >= 0.3 is 33.6 Å². The van der Waals surface area contributed by atoms with Crippen molar-refractivity contribution >= 4 is 33.6 Å². The van der Waals surface area contributed by atoms with E-state index in [9.17, 15) is 43.5 Å². The number of aliphatic hydroxyl groups is 2. The van der Waals surface area contributed by atoms with Crippen molar-refractivity contribution in [3.8, 4) is 0 Å². The van der Waals surface area contributed by atoms with Crippen molar-refractivity contribution in [1.82, 2.24) is 0 Å². The molecule has 0 amide bonds. The topological polar surface area (TPSA) is 231 Å². The van der Waals surface area contributed by atoms with Crippen LogP contribution in [0.4, 0.5) is 0 Å². The summed E-state index contributed by atoms with van der Waals surface area (Å²) in [5, 5.41) is 20.6. The second kappa shape index (κ2) is 72.0. The van der Waals surface area contributed by atoms with E-state index in [2.05, 4.69) is 130 Å². The zero-order valence-corrected chi connectivity index (χ0v) is 62.8. The Bertz CT molecular complexity index is 2200. The largest absolute Gasteiger partial charge is 0.472 e. The first kappa shape index (κ1) is 93.2. The van der Waals surface area contributed by atoms with Gasteiger partial charge in [-0.2, -0.15) is 0 Å². The normalized spacial score (nSPS) is 14.7. The molecule has 0 saturated carbocycles. The average Bonchev–Trinajstić information content (AvgIpc) is 3.19. The summed E-state index contributed by atoms with van der Waals surface area (Å²) in [5.41, 5.74) is 0. The molecule has 97 heavy (non-hydrogen) atoms. The van der Waals surface area contributed by atoms with Gasteiger partial charge in [-0.3, -0.25) is 32.5 Å². The van der Waals surface area contributed by atoms with Crippen LogP contribution in [0.1, 0.15) is 316 Å². The molecule has 0 aromatic heterocycles. The molecule has 0 aliphatic heterocycles. The number of hydrogen-bond donors (Lipinski definition) is 4. The summed E-state index contributed by atoms with van der Waals surface area (Å²) < 4.78 is 60.9. The quantitative estimate of drug-likeness (QED) is 0.0146. The molecule has 0 aliphatic carbocycles. The minimum absolute atomic E-state index is 0.0899. The summed E-state index contributed by atoms with van der Waals surface area (Å²) in [5.74, 6) is -1.60. The molecule has 560 valence electrons. The van der Waals surface area contributed by atoms with E-state index < -0.39 is 91.5 Å². The van der Waals surface area contributed by atoms with E-state index in [0.29, 0.717) is 19.3 Å². The molecular formula is C79H138O16P2. The maximum atomic E-state index is 12.9. The SMILES string of the molecule is CC/C=C\C/C=C\C/C=C\C/C=C\CCCCCCCCC(=O)OCC(COP(=O)(O)OCC(O)COP(=O)(O)OCC(O)COC(=O)CCCCCCCCCCCCCCCCC/C=C\C/C=C\C/C=C\C/C=C\CCCCC)OC(=O)CCCCCCC/C=C\CCCC. The highest BCUT2D eigenvalue weighted by atomic mass is 31.2. The van der Waals surface area contributed by atoms with E-state index in [4.69, 9.17) is 32.3 Å².